The van der Waals surface area contributed by atoms with Crippen LogP contribution in [0.1, 0.15) is 25.0 Å². The van der Waals surface area contributed by atoms with Gasteiger partial charge in [0.05, 0.1) is 18.8 Å². The summed E-state index contributed by atoms with van der Waals surface area (Å²) in [5.74, 6) is -0.0970. The summed E-state index contributed by atoms with van der Waals surface area (Å²) in [6.45, 7) is 8.66. The maximum absolute atomic E-state index is 13.1. The summed E-state index contributed by atoms with van der Waals surface area (Å²) >= 11 is 0. The maximum Gasteiger partial charge on any atom is 0.156 e. The number of nitrogens with zero attached hydrogens (tertiary/aromatic N) is 1. The number of morpholine rings is 1. The second-order valence-electron chi connectivity index (χ2n) is 5.83. The lowest BCUT2D eigenvalue weighted by atomic mass is 9.90. The molecule has 20 heavy (non-hydrogen) atoms. The van der Waals surface area contributed by atoms with Gasteiger partial charge in [-0.1, -0.05) is 6.07 Å². The van der Waals surface area contributed by atoms with Gasteiger partial charge in [-0.05, 0) is 44.0 Å². The van der Waals surface area contributed by atoms with Crippen LogP contribution in [0.4, 0.5) is 4.39 Å². The molecule has 0 bridgehead atoms. The van der Waals surface area contributed by atoms with Crippen molar-refractivity contribution in [3.05, 3.63) is 35.1 Å². The van der Waals surface area contributed by atoms with Gasteiger partial charge in [-0.15, -0.1) is 0 Å². The first kappa shape index (κ1) is 15.1. The van der Waals surface area contributed by atoms with Crippen LogP contribution in [-0.4, -0.2) is 42.5 Å². The zero-order chi connectivity index (χ0) is 14.8. The number of ketones is 1. The Balaban J connectivity index is 2.09. The zero-order valence-corrected chi connectivity index (χ0v) is 12.4. The quantitative estimate of drug-likeness (QED) is 0.847. The molecule has 0 N–H and O–H groups in total. The van der Waals surface area contributed by atoms with Crippen LogP contribution in [0.3, 0.4) is 0 Å². The van der Waals surface area contributed by atoms with Gasteiger partial charge in [0.1, 0.15) is 5.82 Å². The number of halogens is 1. The van der Waals surface area contributed by atoms with Crippen molar-refractivity contribution in [2.75, 3.05) is 26.3 Å². The van der Waals surface area contributed by atoms with E-state index in [1.54, 1.807) is 6.07 Å². The van der Waals surface area contributed by atoms with Gasteiger partial charge in [0, 0.05) is 19.5 Å². The molecule has 0 unspecified atom stereocenters. The Labute approximate surface area is 119 Å². The first-order chi connectivity index (χ1) is 9.41. The average molecular weight is 279 g/mol. The van der Waals surface area contributed by atoms with Gasteiger partial charge in [-0.2, -0.15) is 0 Å². The fourth-order valence-corrected chi connectivity index (χ4v) is 2.55. The monoisotopic (exact) mass is 279 g/mol. The minimum absolute atomic E-state index is 0.161. The number of hydrogen-bond donors (Lipinski definition) is 0. The summed E-state index contributed by atoms with van der Waals surface area (Å²) in [6.07, 6.45) is 0.344. The molecule has 0 amide bonds. The Morgan fingerprint density at radius 3 is 2.60 bits per heavy atom. The van der Waals surface area contributed by atoms with Crippen LogP contribution in [-0.2, 0) is 16.0 Å². The molecule has 1 saturated heterocycles. The van der Waals surface area contributed by atoms with E-state index in [1.165, 1.54) is 12.1 Å². The standard InChI is InChI=1S/C16H22FNO2/c1-12-10-14(17)5-4-13(12)11-15(19)16(2,3)18-6-8-20-9-7-18/h4-5,10H,6-9,11H2,1-3H3. The number of Topliss-reactive ketones (excluding diaryl/α,β-unsaturated/α-hetero) is 1. The summed E-state index contributed by atoms with van der Waals surface area (Å²) < 4.78 is 18.4. The molecule has 0 aromatic heterocycles. The van der Waals surface area contributed by atoms with Crippen molar-refractivity contribution in [2.24, 2.45) is 0 Å². The van der Waals surface area contributed by atoms with Crippen LogP contribution < -0.4 is 0 Å². The smallest absolute Gasteiger partial charge is 0.156 e. The van der Waals surface area contributed by atoms with Gasteiger partial charge in [0.2, 0.25) is 0 Å². The molecule has 1 aromatic carbocycles. The number of ether oxygens (including phenoxy) is 1. The summed E-state index contributed by atoms with van der Waals surface area (Å²) in [6, 6.07) is 4.60. The molecule has 3 nitrogen and oxygen atoms in total. The van der Waals surface area contributed by atoms with E-state index in [-0.39, 0.29) is 11.6 Å². The SMILES string of the molecule is Cc1cc(F)ccc1CC(=O)C(C)(C)N1CCOCC1. The van der Waals surface area contributed by atoms with Gasteiger partial charge in [-0.3, -0.25) is 9.69 Å². The lowest BCUT2D eigenvalue weighted by Gasteiger charge is -2.39. The van der Waals surface area contributed by atoms with E-state index >= 15 is 0 Å². The topological polar surface area (TPSA) is 29.5 Å². The molecule has 110 valence electrons. The molecule has 1 fully saturated rings. The highest BCUT2D eigenvalue weighted by Crippen LogP contribution is 2.21. The van der Waals surface area contributed by atoms with Crippen molar-refractivity contribution < 1.29 is 13.9 Å². The van der Waals surface area contributed by atoms with Crippen molar-refractivity contribution >= 4 is 5.78 Å². The maximum atomic E-state index is 13.1. The molecule has 4 heteroatoms. The third-order valence-electron chi connectivity index (χ3n) is 4.14. The highest BCUT2D eigenvalue weighted by Gasteiger charge is 2.35. The molecule has 2 rings (SSSR count). The van der Waals surface area contributed by atoms with Crippen LogP contribution >= 0.6 is 0 Å². The van der Waals surface area contributed by atoms with E-state index in [1.807, 2.05) is 20.8 Å². The van der Waals surface area contributed by atoms with E-state index in [9.17, 15) is 9.18 Å². The number of rotatable bonds is 4. The van der Waals surface area contributed by atoms with Crippen molar-refractivity contribution in [3.8, 4) is 0 Å². The van der Waals surface area contributed by atoms with E-state index in [0.717, 1.165) is 24.2 Å². The average Bonchev–Trinajstić information content (AvgIpc) is 2.42. The number of carbonyl (C=O) groups is 1. The fraction of sp³-hybridized carbons (Fsp3) is 0.562. The molecular weight excluding hydrogens is 257 g/mol. The first-order valence-corrected chi connectivity index (χ1v) is 7.02. The molecule has 1 aromatic rings. The van der Waals surface area contributed by atoms with E-state index < -0.39 is 5.54 Å². The molecule has 0 radical (unpaired) electrons. The minimum atomic E-state index is -0.509. The molecule has 1 heterocycles. The van der Waals surface area contributed by atoms with Crippen LogP contribution in [0.25, 0.3) is 0 Å². The first-order valence-electron chi connectivity index (χ1n) is 7.02. The highest BCUT2D eigenvalue weighted by molar-refractivity contribution is 5.89. The van der Waals surface area contributed by atoms with E-state index in [4.69, 9.17) is 4.74 Å². The van der Waals surface area contributed by atoms with Crippen molar-refractivity contribution in [2.45, 2.75) is 32.7 Å². The van der Waals surface area contributed by atoms with E-state index in [0.29, 0.717) is 19.6 Å². The highest BCUT2D eigenvalue weighted by atomic mass is 19.1. The normalized spacial score (nSPS) is 17.2. The molecular formula is C16H22FNO2. The minimum Gasteiger partial charge on any atom is -0.379 e. The van der Waals surface area contributed by atoms with E-state index in [2.05, 4.69) is 4.90 Å². The Kier molecular flexibility index (Phi) is 4.55. The lowest BCUT2D eigenvalue weighted by molar-refractivity contribution is -0.131. The van der Waals surface area contributed by atoms with Crippen molar-refractivity contribution in [1.29, 1.82) is 0 Å². The van der Waals surface area contributed by atoms with Crippen LogP contribution in [0.5, 0.6) is 0 Å². The van der Waals surface area contributed by atoms with Gasteiger partial charge in [-0.25, -0.2) is 4.39 Å². The lowest BCUT2D eigenvalue weighted by Crippen LogP contribution is -2.54. The summed E-state index contributed by atoms with van der Waals surface area (Å²) in [5.41, 5.74) is 1.22. The second kappa shape index (κ2) is 6.02. The Morgan fingerprint density at radius 1 is 1.35 bits per heavy atom. The molecule has 1 aliphatic heterocycles. The summed E-state index contributed by atoms with van der Waals surface area (Å²) in [7, 11) is 0. The van der Waals surface area contributed by atoms with Crippen molar-refractivity contribution in [1.82, 2.24) is 4.90 Å². The second-order valence-corrected chi connectivity index (χ2v) is 5.83. The molecule has 1 aliphatic rings. The van der Waals surface area contributed by atoms with Crippen LogP contribution in [0, 0.1) is 12.7 Å². The number of aryl methyl sites for hydroxylation is 1. The van der Waals surface area contributed by atoms with Crippen molar-refractivity contribution in [3.63, 3.8) is 0 Å². The molecule has 0 spiro atoms. The van der Waals surface area contributed by atoms with Gasteiger partial charge < -0.3 is 4.74 Å². The molecule has 0 aliphatic carbocycles. The third kappa shape index (κ3) is 3.25. The molecule has 0 atom stereocenters. The van der Waals surface area contributed by atoms with Gasteiger partial charge >= 0.3 is 0 Å². The van der Waals surface area contributed by atoms with Gasteiger partial charge in [0.15, 0.2) is 5.78 Å². The predicted octanol–water partition coefficient (Wildman–Crippen LogP) is 2.36. The summed E-state index contributed by atoms with van der Waals surface area (Å²) in [4.78, 5) is 14.8. The zero-order valence-electron chi connectivity index (χ0n) is 12.4. The Bertz CT molecular complexity index is 493. The number of hydrogen-bond acceptors (Lipinski definition) is 3. The fourth-order valence-electron chi connectivity index (χ4n) is 2.55. The van der Waals surface area contributed by atoms with Gasteiger partial charge in [0.25, 0.3) is 0 Å². The largest absolute Gasteiger partial charge is 0.379 e. The van der Waals surface area contributed by atoms with Crippen LogP contribution in [0.15, 0.2) is 18.2 Å². The molecule has 0 saturated carbocycles. The number of benzene rings is 1. The van der Waals surface area contributed by atoms with Crippen LogP contribution in [0.2, 0.25) is 0 Å². The number of carbonyl (C=O) groups excluding carboxylic acids is 1. The Hall–Kier alpha value is -1.26. The summed E-state index contributed by atoms with van der Waals surface area (Å²) in [5, 5.41) is 0. The third-order valence-corrected chi connectivity index (χ3v) is 4.14. The predicted molar refractivity (Wildman–Crippen MR) is 76.3 cm³/mol. The Morgan fingerprint density at radius 2 is 2.00 bits per heavy atom.